The number of hydrogen-bond acceptors (Lipinski definition) is 5. The van der Waals surface area contributed by atoms with Crippen LogP contribution in [0.5, 0.6) is 0 Å². The lowest BCUT2D eigenvalue weighted by Gasteiger charge is -2.32. The van der Waals surface area contributed by atoms with E-state index in [0.717, 1.165) is 16.9 Å². The third-order valence-electron chi connectivity index (χ3n) is 4.86. The molecule has 136 valence electrons. The molecule has 3 rings (SSSR count). The first-order chi connectivity index (χ1) is 11.5. The van der Waals surface area contributed by atoms with Gasteiger partial charge in [0.15, 0.2) is 0 Å². The van der Waals surface area contributed by atoms with Gasteiger partial charge in [-0.1, -0.05) is 6.07 Å². The number of aromatic nitrogens is 1. The normalized spacial score (nSPS) is 21.5. The molecule has 2 fully saturated rings. The van der Waals surface area contributed by atoms with Crippen molar-refractivity contribution in [1.82, 2.24) is 10.3 Å². The summed E-state index contributed by atoms with van der Waals surface area (Å²) < 4.78 is 0. The van der Waals surface area contributed by atoms with E-state index in [4.69, 9.17) is 5.11 Å². The molecule has 2 aliphatic rings. The molecule has 2 amide bonds. The molecule has 0 radical (unpaired) electrons. The largest absolute Gasteiger partial charge is 0.481 e. The van der Waals surface area contributed by atoms with Crippen LogP contribution in [0.25, 0.3) is 0 Å². The van der Waals surface area contributed by atoms with E-state index in [1.165, 1.54) is 0 Å². The number of carbonyl (C=O) groups is 3. The van der Waals surface area contributed by atoms with Gasteiger partial charge in [-0.3, -0.25) is 19.7 Å². The van der Waals surface area contributed by atoms with Crippen LogP contribution in [0, 0.1) is 12.8 Å². The summed E-state index contributed by atoms with van der Waals surface area (Å²) in [6.45, 7) is 3.28. The fourth-order valence-electron chi connectivity index (χ4n) is 3.46. The number of carbonyl (C=O) groups excluding carboxylic acids is 2. The van der Waals surface area contributed by atoms with Crippen LogP contribution in [0.15, 0.2) is 12.3 Å². The van der Waals surface area contributed by atoms with E-state index in [9.17, 15) is 14.4 Å². The quantitative estimate of drug-likeness (QED) is 0.788. The van der Waals surface area contributed by atoms with Crippen LogP contribution in [0.3, 0.4) is 0 Å². The highest BCUT2D eigenvalue weighted by atomic mass is 35.5. The fraction of sp³-hybridized carbons (Fsp3) is 0.529. The zero-order valence-corrected chi connectivity index (χ0v) is 14.8. The zero-order valence-electron chi connectivity index (χ0n) is 14.0. The molecule has 2 aliphatic heterocycles. The smallest absolute Gasteiger partial charge is 0.306 e. The number of anilines is 1. The van der Waals surface area contributed by atoms with Gasteiger partial charge in [0.25, 0.3) is 0 Å². The van der Waals surface area contributed by atoms with Gasteiger partial charge in [-0.25, -0.2) is 4.98 Å². The van der Waals surface area contributed by atoms with E-state index in [0.29, 0.717) is 38.8 Å². The Balaban J connectivity index is 0.00000225. The molecule has 0 unspecified atom stereocenters. The molecule has 2 saturated heterocycles. The van der Waals surface area contributed by atoms with Crippen LogP contribution in [-0.4, -0.2) is 41.0 Å². The van der Waals surface area contributed by atoms with E-state index in [1.807, 2.05) is 13.0 Å². The second-order valence-corrected chi connectivity index (χ2v) is 6.51. The molecule has 25 heavy (non-hydrogen) atoms. The van der Waals surface area contributed by atoms with E-state index in [-0.39, 0.29) is 36.1 Å². The summed E-state index contributed by atoms with van der Waals surface area (Å²) in [7, 11) is 0. The predicted molar refractivity (Wildman–Crippen MR) is 93.9 cm³/mol. The average molecular weight is 368 g/mol. The number of aliphatic carboxylic acids is 1. The standard InChI is InChI=1S/C17H21N3O4.ClH/c1-10-8-12(13-2-3-14(21)19-16(13)22)9-18-15(10)20-6-4-11(5-7-20)17(23)24;/h8-9,11,13H,2-7H2,1H3,(H,23,24)(H,19,21,22);1H/t13-;/m0./s1. The lowest BCUT2D eigenvalue weighted by atomic mass is 9.90. The second kappa shape index (κ2) is 7.82. The van der Waals surface area contributed by atoms with Gasteiger partial charge in [0.05, 0.1) is 11.8 Å². The van der Waals surface area contributed by atoms with Gasteiger partial charge >= 0.3 is 5.97 Å². The van der Waals surface area contributed by atoms with Crippen molar-refractivity contribution in [3.8, 4) is 0 Å². The fourth-order valence-corrected chi connectivity index (χ4v) is 3.46. The summed E-state index contributed by atoms with van der Waals surface area (Å²) >= 11 is 0. The first kappa shape index (κ1) is 19.2. The number of halogens is 1. The van der Waals surface area contributed by atoms with Gasteiger partial charge in [0, 0.05) is 25.7 Å². The van der Waals surface area contributed by atoms with Gasteiger partial charge in [-0.2, -0.15) is 0 Å². The number of nitrogens with one attached hydrogen (secondary N) is 1. The summed E-state index contributed by atoms with van der Waals surface area (Å²) in [6, 6.07) is 1.95. The minimum absolute atomic E-state index is 0. The van der Waals surface area contributed by atoms with Crippen LogP contribution in [-0.2, 0) is 14.4 Å². The molecule has 1 atom stereocenters. The summed E-state index contributed by atoms with van der Waals surface area (Å²) in [4.78, 5) is 40.9. The molecule has 0 aromatic carbocycles. The number of pyridine rings is 1. The molecule has 2 N–H and O–H groups in total. The van der Waals surface area contributed by atoms with Crippen molar-refractivity contribution in [3.05, 3.63) is 23.4 Å². The predicted octanol–water partition coefficient (Wildman–Crippen LogP) is 1.63. The van der Waals surface area contributed by atoms with Crippen molar-refractivity contribution in [3.63, 3.8) is 0 Å². The Hall–Kier alpha value is -2.15. The number of rotatable bonds is 3. The van der Waals surface area contributed by atoms with Crippen molar-refractivity contribution in [1.29, 1.82) is 0 Å². The summed E-state index contributed by atoms with van der Waals surface area (Å²) in [6.07, 6.45) is 3.79. The van der Waals surface area contributed by atoms with Crippen LogP contribution in [0.4, 0.5) is 5.82 Å². The minimum Gasteiger partial charge on any atom is -0.481 e. The first-order valence-corrected chi connectivity index (χ1v) is 8.23. The Morgan fingerprint density at radius 1 is 1.28 bits per heavy atom. The molecule has 0 aliphatic carbocycles. The van der Waals surface area contributed by atoms with Crippen LogP contribution in [0.2, 0.25) is 0 Å². The molecule has 0 bridgehead atoms. The monoisotopic (exact) mass is 367 g/mol. The lowest BCUT2D eigenvalue weighted by molar-refractivity contribution is -0.142. The third kappa shape index (κ3) is 4.10. The molecule has 1 aromatic heterocycles. The number of nitrogens with zero attached hydrogens (tertiary/aromatic N) is 2. The number of carboxylic acid groups (broad SMARTS) is 1. The van der Waals surface area contributed by atoms with Gasteiger partial charge in [0.2, 0.25) is 11.8 Å². The molecule has 0 saturated carbocycles. The maximum atomic E-state index is 12.0. The number of imide groups is 1. The highest BCUT2D eigenvalue weighted by Gasteiger charge is 2.29. The maximum Gasteiger partial charge on any atom is 0.306 e. The Labute approximate surface area is 152 Å². The Bertz CT molecular complexity index is 686. The van der Waals surface area contributed by atoms with Crippen molar-refractivity contribution >= 4 is 36.0 Å². The molecule has 0 spiro atoms. The molecule has 7 nitrogen and oxygen atoms in total. The second-order valence-electron chi connectivity index (χ2n) is 6.51. The van der Waals surface area contributed by atoms with Gasteiger partial charge in [-0.05, 0) is 37.3 Å². The number of hydrogen-bond donors (Lipinski definition) is 2. The highest BCUT2D eigenvalue weighted by Crippen LogP contribution is 2.29. The lowest BCUT2D eigenvalue weighted by Crippen LogP contribution is -2.39. The number of piperidine rings is 2. The SMILES string of the molecule is Cc1cc([C@@H]2CCC(=O)NC2=O)cnc1N1CCC(C(=O)O)CC1.Cl. The van der Waals surface area contributed by atoms with Crippen LogP contribution < -0.4 is 10.2 Å². The molecule has 8 heteroatoms. The Kier molecular flexibility index (Phi) is 6.00. The van der Waals surface area contributed by atoms with Crippen LogP contribution in [0.1, 0.15) is 42.7 Å². The van der Waals surface area contributed by atoms with E-state index in [2.05, 4.69) is 15.2 Å². The van der Waals surface area contributed by atoms with Gasteiger partial charge in [-0.15, -0.1) is 12.4 Å². The van der Waals surface area contributed by atoms with E-state index < -0.39 is 5.97 Å². The Morgan fingerprint density at radius 3 is 2.52 bits per heavy atom. The molecular weight excluding hydrogens is 346 g/mol. The third-order valence-corrected chi connectivity index (χ3v) is 4.86. The number of aryl methyl sites for hydroxylation is 1. The van der Waals surface area contributed by atoms with E-state index >= 15 is 0 Å². The number of amides is 2. The van der Waals surface area contributed by atoms with Crippen molar-refractivity contribution in [2.24, 2.45) is 5.92 Å². The van der Waals surface area contributed by atoms with Crippen molar-refractivity contribution in [2.45, 2.75) is 38.5 Å². The average Bonchev–Trinajstić information content (AvgIpc) is 2.55. The van der Waals surface area contributed by atoms with Gasteiger partial charge in [0.1, 0.15) is 5.82 Å². The maximum absolute atomic E-state index is 12.0. The molecule has 3 heterocycles. The van der Waals surface area contributed by atoms with Crippen molar-refractivity contribution < 1.29 is 19.5 Å². The number of carboxylic acids is 1. The van der Waals surface area contributed by atoms with Crippen LogP contribution >= 0.6 is 12.4 Å². The first-order valence-electron chi connectivity index (χ1n) is 8.23. The molecular formula is C17H22ClN3O4. The summed E-state index contributed by atoms with van der Waals surface area (Å²) in [5.74, 6) is -0.978. The molecule has 1 aromatic rings. The van der Waals surface area contributed by atoms with E-state index in [1.54, 1.807) is 6.20 Å². The van der Waals surface area contributed by atoms with Gasteiger partial charge < -0.3 is 10.0 Å². The summed E-state index contributed by atoms with van der Waals surface area (Å²) in [5, 5.41) is 11.4. The topological polar surface area (TPSA) is 99.6 Å². The minimum atomic E-state index is -0.729. The zero-order chi connectivity index (χ0) is 17.3. The van der Waals surface area contributed by atoms with Crippen molar-refractivity contribution in [2.75, 3.05) is 18.0 Å². The Morgan fingerprint density at radius 2 is 1.96 bits per heavy atom. The summed E-state index contributed by atoms with van der Waals surface area (Å²) in [5.41, 5.74) is 1.78. The highest BCUT2D eigenvalue weighted by molar-refractivity contribution is 6.00.